The molecule has 1 aliphatic rings. The van der Waals surface area contributed by atoms with E-state index in [9.17, 15) is 4.79 Å². The highest BCUT2D eigenvalue weighted by Crippen LogP contribution is 2.27. The van der Waals surface area contributed by atoms with Gasteiger partial charge in [0.05, 0.1) is 0 Å². The van der Waals surface area contributed by atoms with Gasteiger partial charge < -0.3 is 11.1 Å². The van der Waals surface area contributed by atoms with Crippen molar-refractivity contribution in [2.45, 2.75) is 38.1 Å². The summed E-state index contributed by atoms with van der Waals surface area (Å²) in [6, 6.07) is 0.0763. The van der Waals surface area contributed by atoms with E-state index in [1.807, 2.05) is 0 Å². The molecule has 3 heteroatoms. The van der Waals surface area contributed by atoms with E-state index in [1.165, 1.54) is 25.7 Å². The topological polar surface area (TPSA) is 55.1 Å². The highest BCUT2D eigenvalue weighted by Gasteiger charge is 2.23. The molecule has 12 heavy (non-hydrogen) atoms. The minimum absolute atomic E-state index is 0.0643. The Hall–Kier alpha value is -0.570. The van der Waals surface area contributed by atoms with Crippen LogP contribution in [-0.4, -0.2) is 19.0 Å². The first-order valence-corrected chi connectivity index (χ1v) is 4.70. The lowest BCUT2D eigenvalue weighted by Gasteiger charge is -2.17. The van der Waals surface area contributed by atoms with Gasteiger partial charge in [-0.25, -0.2) is 0 Å². The molecule has 0 radical (unpaired) electrons. The van der Waals surface area contributed by atoms with Crippen molar-refractivity contribution in [3.8, 4) is 0 Å². The summed E-state index contributed by atoms with van der Waals surface area (Å²) < 4.78 is 0. The number of carbonyl (C=O) groups excluding carboxylic acids is 1. The molecule has 0 aliphatic heterocycles. The molecule has 3 N–H and O–H groups in total. The fourth-order valence-corrected chi connectivity index (χ4v) is 1.87. The zero-order valence-corrected chi connectivity index (χ0v) is 7.68. The number of hydrogen-bond acceptors (Lipinski definition) is 2. The summed E-state index contributed by atoms with van der Waals surface area (Å²) in [7, 11) is 1.66. The van der Waals surface area contributed by atoms with Gasteiger partial charge in [-0.15, -0.1) is 0 Å². The van der Waals surface area contributed by atoms with Gasteiger partial charge in [0.2, 0.25) is 5.91 Å². The number of hydrogen-bond donors (Lipinski definition) is 2. The summed E-state index contributed by atoms with van der Waals surface area (Å²) >= 11 is 0. The van der Waals surface area contributed by atoms with Gasteiger partial charge in [-0.05, 0) is 18.8 Å². The molecule has 3 nitrogen and oxygen atoms in total. The number of nitrogens with one attached hydrogen (secondary N) is 1. The van der Waals surface area contributed by atoms with Crippen LogP contribution in [0.15, 0.2) is 0 Å². The highest BCUT2D eigenvalue weighted by atomic mass is 16.1. The Bertz CT molecular complexity index is 153. The lowest BCUT2D eigenvalue weighted by Crippen LogP contribution is -2.34. The van der Waals surface area contributed by atoms with Gasteiger partial charge in [-0.2, -0.15) is 0 Å². The number of nitrogens with two attached hydrogens (primary N) is 1. The molecule has 1 atom stereocenters. The van der Waals surface area contributed by atoms with E-state index in [1.54, 1.807) is 7.05 Å². The maximum atomic E-state index is 11.0. The van der Waals surface area contributed by atoms with Crippen LogP contribution in [0.25, 0.3) is 0 Å². The molecule has 0 aromatic heterocycles. The molecule has 1 saturated carbocycles. The maximum absolute atomic E-state index is 11.0. The van der Waals surface area contributed by atoms with Gasteiger partial charge in [-0.3, -0.25) is 4.79 Å². The van der Waals surface area contributed by atoms with Crippen molar-refractivity contribution >= 4 is 5.91 Å². The van der Waals surface area contributed by atoms with Gasteiger partial charge in [0.25, 0.3) is 0 Å². The Balaban J connectivity index is 2.26. The molecular formula is C9H18N2O. The van der Waals surface area contributed by atoms with Crippen LogP contribution in [0, 0.1) is 5.92 Å². The Labute approximate surface area is 73.7 Å². The zero-order chi connectivity index (χ0) is 8.97. The van der Waals surface area contributed by atoms with Crippen LogP contribution in [0.3, 0.4) is 0 Å². The lowest BCUT2D eigenvalue weighted by atomic mass is 9.96. The second-order valence-corrected chi connectivity index (χ2v) is 3.59. The summed E-state index contributed by atoms with van der Waals surface area (Å²) in [5.74, 6) is 0.650. The van der Waals surface area contributed by atoms with E-state index in [0.29, 0.717) is 12.3 Å². The standard InChI is InChI=1S/C9H18N2O/c1-11-9(12)6-8(10)7-4-2-3-5-7/h7-8H,2-6,10H2,1H3,(H,11,12). The molecule has 0 aromatic carbocycles. The van der Waals surface area contributed by atoms with Crippen molar-refractivity contribution in [1.29, 1.82) is 0 Å². The van der Waals surface area contributed by atoms with E-state index in [-0.39, 0.29) is 11.9 Å². The van der Waals surface area contributed by atoms with Gasteiger partial charge in [0, 0.05) is 19.5 Å². The average Bonchev–Trinajstić information content (AvgIpc) is 2.56. The number of amides is 1. The Morgan fingerprint density at radius 2 is 2.17 bits per heavy atom. The maximum Gasteiger partial charge on any atom is 0.221 e. The molecule has 0 bridgehead atoms. The first-order valence-electron chi connectivity index (χ1n) is 4.70. The summed E-state index contributed by atoms with van der Waals surface area (Å²) in [5, 5.41) is 2.60. The van der Waals surface area contributed by atoms with Crippen LogP contribution < -0.4 is 11.1 Å². The Morgan fingerprint density at radius 3 is 2.67 bits per heavy atom. The molecule has 1 amide bonds. The van der Waals surface area contributed by atoms with Crippen molar-refractivity contribution in [2.24, 2.45) is 11.7 Å². The minimum atomic E-state index is 0.0643. The molecule has 1 unspecified atom stereocenters. The fourth-order valence-electron chi connectivity index (χ4n) is 1.87. The first-order chi connectivity index (χ1) is 5.74. The molecule has 70 valence electrons. The predicted octanol–water partition coefficient (Wildman–Crippen LogP) is 0.640. The summed E-state index contributed by atoms with van der Waals surface area (Å²) in [5.41, 5.74) is 5.89. The summed E-state index contributed by atoms with van der Waals surface area (Å²) in [6.07, 6.45) is 5.47. The van der Waals surface area contributed by atoms with Crippen LogP contribution in [-0.2, 0) is 4.79 Å². The quantitative estimate of drug-likeness (QED) is 0.653. The van der Waals surface area contributed by atoms with Crippen molar-refractivity contribution < 1.29 is 4.79 Å². The van der Waals surface area contributed by atoms with Crippen LogP contribution in [0.2, 0.25) is 0 Å². The van der Waals surface area contributed by atoms with Crippen LogP contribution in [0.4, 0.5) is 0 Å². The molecule has 1 aliphatic carbocycles. The summed E-state index contributed by atoms with van der Waals surface area (Å²) in [4.78, 5) is 11.0. The van der Waals surface area contributed by atoms with Crippen LogP contribution in [0.5, 0.6) is 0 Å². The summed E-state index contributed by atoms with van der Waals surface area (Å²) in [6.45, 7) is 0. The van der Waals surface area contributed by atoms with E-state index in [0.717, 1.165) is 0 Å². The molecular weight excluding hydrogens is 152 g/mol. The van der Waals surface area contributed by atoms with Crippen molar-refractivity contribution in [1.82, 2.24) is 5.32 Å². The molecule has 0 aromatic rings. The lowest BCUT2D eigenvalue weighted by molar-refractivity contribution is -0.121. The molecule has 0 saturated heterocycles. The SMILES string of the molecule is CNC(=O)CC(N)C1CCCC1. The second kappa shape index (κ2) is 4.45. The van der Waals surface area contributed by atoms with Crippen LogP contribution in [0.1, 0.15) is 32.1 Å². The fraction of sp³-hybridized carbons (Fsp3) is 0.889. The smallest absolute Gasteiger partial charge is 0.221 e. The third kappa shape index (κ3) is 2.48. The number of carbonyl (C=O) groups is 1. The van der Waals surface area contributed by atoms with Gasteiger partial charge in [0.1, 0.15) is 0 Å². The first kappa shape index (κ1) is 9.52. The van der Waals surface area contributed by atoms with Gasteiger partial charge >= 0.3 is 0 Å². The third-order valence-corrected chi connectivity index (χ3v) is 2.71. The Morgan fingerprint density at radius 1 is 1.58 bits per heavy atom. The molecule has 1 rings (SSSR count). The Kier molecular flexibility index (Phi) is 3.53. The van der Waals surface area contributed by atoms with Crippen molar-refractivity contribution in [3.05, 3.63) is 0 Å². The monoisotopic (exact) mass is 170 g/mol. The van der Waals surface area contributed by atoms with E-state index in [2.05, 4.69) is 5.32 Å². The van der Waals surface area contributed by atoms with Gasteiger partial charge in [0.15, 0.2) is 0 Å². The predicted molar refractivity (Wildman–Crippen MR) is 48.6 cm³/mol. The second-order valence-electron chi connectivity index (χ2n) is 3.59. The minimum Gasteiger partial charge on any atom is -0.359 e. The van der Waals surface area contributed by atoms with E-state index < -0.39 is 0 Å². The van der Waals surface area contributed by atoms with Crippen LogP contribution >= 0.6 is 0 Å². The number of rotatable bonds is 3. The highest BCUT2D eigenvalue weighted by molar-refractivity contribution is 5.76. The van der Waals surface area contributed by atoms with Crippen molar-refractivity contribution in [3.63, 3.8) is 0 Å². The van der Waals surface area contributed by atoms with E-state index >= 15 is 0 Å². The largest absolute Gasteiger partial charge is 0.359 e. The van der Waals surface area contributed by atoms with Gasteiger partial charge in [-0.1, -0.05) is 12.8 Å². The average molecular weight is 170 g/mol. The zero-order valence-electron chi connectivity index (χ0n) is 7.68. The van der Waals surface area contributed by atoms with E-state index in [4.69, 9.17) is 5.73 Å². The molecule has 0 spiro atoms. The molecule has 0 heterocycles. The third-order valence-electron chi connectivity index (χ3n) is 2.71. The normalized spacial score (nSPS) is 20.8. The molecule has 1 fully saturated rings. The van der Waals surface area contributed by atoms with Crippen molar-refractivity contribution in [2.75, 3.05) is 7.05 Å².